The number of nitrogens with one attached hydrogen (secondary N) is 1. The van der Waals surface area contributed by atoms with E-state index in [-0.39, 0.29) is 29.3 Å². The second-order valence-corrected chi connectivity index (χ2v) is 5.23. The molecule has 1 aromatic carbocycles. The maximum absolute atomic E-state index is 13.9. The molecule has 0 spiro atoms. The van der Waals surface area contributed by atoms with Gasteiger partial charge < -0.3 is 14.8 Å². The second-order valence-electron chi connectivity index (χ2n) is 5.23. The summed E-state index contributed by atoms with van der Waals surface area (Å²) >= 11 is 0. The first kappa shape index (κ1) is 18.8. The van der Waals surface area contributed by atoms with E-state index < -0.39 is 37.0 Å². The van der Waals surface area contributed by atoms with E-state index in [2.05, 4.69) is 10.2 Å². The van der Waals surface area contributed by atoms with Gasteiger partial charge in [-0.05, 0) is 18.2 Å². The van der Waals surface area contributed by atoms with Crippen LogP contribution in [0.2, 0.25) is 0 Å². The number of aryl methyl sites for hydroxylation is 1. The first-order valence-electron chi connectivity index (χ1n) is 7.25. The Bertz CT molecular complexity index is 739. The second kappa shape index (κ2) is 8.06. The topological polar surface area (TPSA) is 88.2 Å². The van der Waals surface area contributed by atoms with Crippen LogP contribution in [0.3, 0.4) is 0 Å². The zero-order chi connectivity index (χ0) is 18.6. The molecule has 2 aromatic rings. The first-order chi connectivity index (χ1) is 11.8. The predicted octanol–water partition coefficient (Wildman–Crippen LogP) is 2.13. The molecule has 6 nitrogen and oxygen atoms in total. The maximum Gasteiger partial charge on any atom is 0.271 e. The highest BCUT2D eigenvalue weighted by Gasteiger charge is 2.22. The average molecular weight is 361 g/mol. The number of carbonyl (C=O) groups excluding carboxylic acids is 1. The molecule has 1 amide bonds. The van der Waals surface area contributed by atoms with Crippen molar-refractivity contribution in [2.45, 2.75) is 32.0 Å². The van der Waals surface area contributed by atoms with Crippen molar-refractivity contribution < 1.29 is 31.9 Å². The molecule has 2 atom stereocenters. The van der Waals surface area contributed by atoms with Crippen LogP contribution in [0.5, 0.6) is 0 Å². The van der Waals surface area contributed by atoms with Crippen molar-refractivity contribution in [2.75, 3.05) is 6.54 Å². The minimum absolute atomic E-state index is 0.0801. The van der Waals surface area contributed by atoms with Crippen molar-refractivity contribution in [1.29, 1.82) is 0 Å². The monoisotopic (exact) mass is 361 g/mol. The number of nitrogens with zero attached hydrogens (tertiary/aromatic N) is 2. The summed E-state index contributed by atoms with van der Waals surface area (Å²) in [5, 5.41) is 19.3. The van der Waals surface area contributed by atoms with Gasteiger partial charge in [-0.3, -0.25) is 4.79 Å². The van der Waals surface area contributed by atoms with Crippen LogP contribution >= 0.6 is 0 Å². The summed E-state index contributed by atoms with van der Waals surface area (Å²) in [6.07, 6.45) is -7.28. The van der Waals surface area contributed by atoms with Crippen molar-refractivity contribution in [1.82, 2.24) is 15.5 Å². The molecule has 0 saturated heterocycles. The number of aliphatic hydroxyl groups is 1. The Balaban J connectivity index is 2.09. The highest BCUT2D eigenvalue weighted by molar-refractivity contribution is 5.94. The smallest absolute Gasteiger partial charge is 0.271 e. The molecule has 25 heavy (non-hydrogen) atoms. The molecule has 0 saturated carbocycles. The van der Waals surface area contributed by atoms with Crippen molar-refractivity contribution in [3.8, 4) is 0 Å². The zero-order valence-electron chi connectivity index (χ0n) is 13.0. The number of carbonyl (C=O) groups is 1. The summed E-state index contributed by atoms with van der Waals surface area (Å²) in [6.45, 7) is 0.666. The molecule has 0 aliphatic carbocycles. The van der Waals surface area contributed by atoms with Crippen LogP contribution in [0.25, 0.3) is 0 Å². The number of hydrogen-bond donors (Lipinski definition) is 2. The van der Waals surface area contributed by atoms with Gasteiger partial charge >= 0.3 is 0 Å². The van der Waals surface area contributed by atoms with Gasteiger partial charge in [0.25, 0.3) is 12.3 Å². The van der Waals surface area contributed by atoms with E-state index in [4.69, 9.17) is 4.42 Å². The average Bonchev–Trinajstić information content (AvgIpc) is 2.97. The lowest BCUT2D eigenvalue weighted by Crippen LogP contribution is -2.33. The molecule has 2 unspecified atom stereocenters. The van der Waals surface area contributed by atoms with E-state index in [1.165, 1.54) is 0 Å². The van der Waals surface area contributed by atoms with Crippen molar-refractivity contribution in [3.05, 3.63) is 46.9 Å². The summed E-state index contributed by atoms with van der Waals surface area (Å²) in [6, 6.07) is 3.08. The molecular formula is C15H15F4N3O3. The molecule has 2 rings (SSSR count). The van der Waals surface area contributed by atoms with Crippen molar-refractivity contribution in [2.24, 2.45) is 0 Å². The SMILES string of the molecule is Cc1nnc(CC(O)c2cc(C(=O)NCC(F)C(F)F)ccc2F)o1. The zero-order valence-corrected chi connectivity index (χ0v) is 13.0. The quantitative estimate of drug-likeness (QED) is 0.738. The van der Waals surface area contributed by atoms with E-state index in [0.717, 1.165) is 18.2 Å². The Morgan fingerprint density at radius 2 is 2.04 bits per heavy atom. The van der Waals surface area contributed by atoms with Crippen LogP contribution in [0, 0.1) is 12.7 Å². The number of aliphatic hydroxyl groups excluding tert-OH is 1. The summed E-state index contributed by atoms with van der Waals surface area (Å²) in [5.74, 6) is -1.30. The number of hydrogen-bond acceptors (Lipinski definition) is 5. The largest absolute Gasteiger partial charge is 0.425 e. The van der Waals surface area contributed by atoms with E-state index in [1.807, 2.05) is 5.32 Å². The summed E-state index contributed by atoms with van der Waals surface area (Å²) in [7, 11) is 0. The molecule has 1 aromatic heterocycles. The third-order valence-corrected chi connectivity index (χ3v) is 3.28. The lowest BCUT2D eigenvalue weighted by Gasteiger charge is -2.13. The van der Waals surface area contributed by atoms with E-state index in [0.29, 0.717) is 0 Å². The van der Waals surface area contributed by atoms with Gasteiger partial charge in [0, 0.05) is 18.1 Å². The Kier molecular flexibility index (Phi) is 6.07. The van der Waals surface area contributed by atoms with Crippen molar-refractivity contribution >= 4 is 5.91 Å². The summed E-state index contributed by atoms with van der Waals surface area (Å²) < 4.78 is 56.0. The van der Waals surface area contributed by atoms with Gasteiger partial charge in [0.15, 0.2) is 6.17 Å². The van der Waals surface area contributed by atoms with Crippen LogP contribution in [-0.4, -0.2) is 40.4 Å². The van der Waals surface area contributed by atoms with Gasteiger partial charge in [-0.25, -0.2) is 17.6 Å². The normalized spacial score (nSPS) is 13.7. The Morgan fingerprint density at radius 3 is 2.64 bits per heavy atom. The summed E-state index contributed by atoms with van der Waals surface area (Å²) in [5.41, 5.74) is -0.326. The van der Waals surface area contributed by atoms with E-state index >= 15 is 0 Å². The van der Waals surface area contributed by atoms with E-state index in [9.17, 15) is 27.5 Å². The van der Waals surface area contributed by atoms with Crippen LogP contribution in [0.4, 0.5) is 17.6 Å². The third kappa shape index (κ3) is 4.99. The number of halogens is 4. The number of benzene rings is 1. The first-order valence-corrected chi connectivity index (χ1v) is 7.25. The Morgan fingerprint density at radius 1 is 1.32 bits per heavy atom. The van der Waals surface area contributed by atoms with Crippen LogP contribution in [0.1, 0.15) is 33.8 Å². The standard InChI is InChI=1S/C15H15F4N3O3/c1-7-21-22-13(25-7)5-12(23)9-4-8(2-3-10(9)16)15(24)20-6-11(17)14(18)19/h2-4,11-12,14,23H,5-6H2,1H3,(H,20,24). The molecular weight excluding hydrogens is 346 g/mol. The summed E-state index contributed by atoms with van der Waals surface area (Å²) in [4.78, 5) is 11.9. The molecule has 2 N–H and O–H groups in total. The molecule has 1 heterocycles. The highest BCUT2D eigenvalue weighted by atomic mass is 19.3. The fourth-order valence-corrected chi connectivity index (χ4v) is 2.02. The molecule has 0 fully saturated rings. The molecule has 0 aliphatic heterocycles. The number of aromatic nitrogens is 2. The van der Waals surface area contributed by atoms with Gasteiger partial charge in [0.2, 0.25) is 11.8 Å². The molecule has 10 heteroatoms. The van der Waals surface area contributed by atoms with Gasteiger partial charge in [0.05, 0.1) is 19.1 Å². The van der Waals surface area contributed by atoms with Crippen LogP contribution in [-0.2, 0) is 6.42 Å². The molecule has 0 aliphatic rings. The van der Waals surface area contributed by atoms with Crippen LogP contribution in [0.15, 0.2) is 22.6 Å². The number of rotatable bonds is 7. The molecule has 0 radical (unpaired) electrons. The highest BCUT2D eigenvalue weighted by Crippen LogP contribution is 2.22. The minimum Gasteiger partial charge on any atom is -0.425 e. The fourth-order valence-electron chi connectivity index (χ4n) is 2.02. The fraction of sp³-hybridized carbons (Fsp3) is 0.400. The lowest BCUT2D eigenvalue weighted by atomic mass is 10.0. The Labute approximate surface area is 139 Å². The van der Waals surface area contributed by atoms with Gasteiger partial charge in [-0.15, -0.1) is 10.2 Å². The third-order valence-electron chi connectivity index (χ3n) is 3.28. The number of amides is 1. The Hall–Kier alpha value is -2.49. The lowest BCUT2D eigenvalue weighted by molar-refractivity contribution is 0.0488. The van der Waals surface area contributed by atoms with Gasteiger partial charge in [-0.1, -0.05) is 0 Å². The molecule has 0 bridgehead atoms. The molecule has 136 valence electrons. The number of alkyl halides is 3. The van der Waals surface area contributed by atoms with Gasteiger partial charge in [-0.2, -0.15) is 0 Å². The van der Waals surface area contributed by atoms with Gasteiger partial charge in [0.1, 0.15) is 5.82 Å². The van der Waals surface area contributed by atoms with Crippen LogP contribution < -0.4 is 5.32 Å². The van der Waals surface area contributed by atoms with Crippen molar-refractivity contribution in [3.63, 3.8) is 0 Å². The minimum atomic E-state index is -3.22. The van der Waals surface area contributed by atoms with E-state index in [1.54, 1.807) is 6.92 Å². The predicted molar refractivity (Wildman–Crippen MR) is 77.3 cm³/mol. The maximum atomic E-state index is 13.9.